The molecule has 0 saturated carbocycles. The van der Waals surface area contributed by atoms with Crippen molar-refractivity contribution in [2.75, 3.05) is 6.54 Å². The Balaban J connectivity index is 2.13. The number of ether oxygens (including phenoxy) is 1. The molecule has 1 aromatic carbocycles. The molecule has 1 aliphatic rings. The number of hydrogen-bond donors (Lipinski definition) is 1. The van der Waals surface area contributed by atoms with Crippen LogP contribution in [0.1, 0.15) is 51.6 Å². The van der Waals surface area contributed by atoms with E-state index in [0.29, 0.717) is 0 Å². The largest absolute Gasteiger partial charge is 0.444 e. The van der Waals surface area contributed by atoms with Gasteiger partial charge in [0.2, 0.25) is 0 Å². The monoisotopic (exact) mass is 290 g/mol. The number of nitrogens with two attached hydrogens (primary N) is 1. The van der Waals surface area contributed by atoms with E-state index in [0.717, 1.165) is 31.4 Å². The second-order valence-electron chi connectivity index (χ2n) is 6.67. The van der Waals surface area contributed by atoms with Crippen LogP contribution < -0.4 is 5.73 Å². The van der Waals surface area contributed by atoms with Crippen LogP contribution in [0, 0.1) is 0 Å². The van der Waals surface area contributed by atoms with Crippen LogP contribution in [0.2, 0.25) is 0 Å². The summed E-state index contributed by atoms with van der Waals surface area (Å²) >= 11 is 0. The fourth-order valence-electron chi connectivity index (χ4n) is 2.78. The first kappa shape index (κ1) is 15.8. The summed E-state index contributed by atoms with van der Waals surface area (Å²) in [5.74, 6) is 0. The van der Waals surface area contributed by atoms with Crippen molar-refractivity contribution < 1.29 is 9.53 Å². The van der Waals surface area contributed by atoms with Gasteiger partial charge in [-0.25, -0.2) is 4.79 Å². The number of piperidine rings is 1. The molecule has 1 amide bonds. The van der Waals surface area contributed by atoms with Gasteiger partial charge in [-0.2, -0.15) is 0 Å². The minimum Gasteiger partial charge on any atom is -0.444 e. The van der Waals surface area contributed by atoms with E-state index in [1.165, 1.54) is 0 Å². The number of benzene rings is 1. The van der Waals surface area contributed by atoms with Crippen LogP contribution in [-0.4, -0.2) is 29.2 Å². The lowest BCUT2D eigenvalue weighted by Crippen LogP contribution is -2.50. The van der Waals surface area contributed by atoms with Crippen LogP contribution in [0.25, 0.3) is 0 Å². The highest BCUT2D eigenvalue weighted by atomic mass is 16.6. The number of carbonyl (C=O) groups excluding carboxylic acids is 1. The topological polar surface area (TPSA) is 55.6 Å². The molecular formula is C17H26N2O2. The van der Waals surface area contributed by atoms with Gasteiger partial charge < -0.3 is 15.4 Å². The molecule has 2 atom stereocenters. The first-order valence-electron chi connectivity index (χ1n) is 7.68. The third kappa shape index (κ3) is 4.21. The van der Waals surface area contributed by atoms with Gasteiger partial charge in [-0.15, -0.1) is 0 Å². The van der Waals surface area contributed by atoms with E-state index in [-0.39, 0.29) is 18.2 Å². The highest BCUT2D eigenvalue weighted by Crippen LogP contribution is 2.28. The Hall–Kier alpha value is -1.55. The number of amides is 1. The predicted molar refractivity (Wildman–Crippen MR) is 83.9 cm³/mol. The van der Waals surface area contributed by atoms with E-state index in [1.54, 1.807) is 0 Å². The molecule has 1 saturated heterocycles. The molecule has 1 aromatic rings. The fourth-order valence-corrected chi connectivity index (χ4v) is 2.78. The third-order valence-electron chi connectivity index (χ3n) is 3.78. The Bertz CT molecular complexity index is 467. The standard InChI is InChI=1S/C17H26N2O2/c1-17(2,3)21-16(20)19-12-8-7-11-14(19)15(18)13-9-5-4-6-10-13/h4-6,9-10,14-15H,7-8,11-12,18H2,1-3H3. The molecule has 2 N–H and O–H groups in total. The molecule has 1 aliphatic heterocycles. The van der Waals surface area contributed by atoms with Crippen LogP contribution in [0.15, 0.2) is 30.3 Å². The van der Waals surface area contributed by atoms with Gasteiger partial charge in [0.15, 0.2) is 0 Å². The van der Waals surface area contributed by atoms with Crippen LogP contribution in [0.4, 0.5) is 4.79 Å². The van der Waals surface area contributed by atoms with Gasteiger partial charge in [-0.1, -0.05) is 30.3 Å². The van der Waals surface area contributed by atoms with Crippen LogP contribution >= 0.6 is 0 Å². The van der Waals surface area contributed by atoms with E-state index < -0.39 is 5.60 Å². The van der Waals surface area contributed by atoms with Gasteiger partial charge >= 0.3 is 6.09 Å². The van der Waals surface area contributed by atoms with E-state index in [1.807, 2.05) is 56.0 Å². The van der Waals surface area contributed by atoms with E-state index in [2.05, 4.69) is 0 Å². The quantitative estimate of drug-likeness (QED) is 0.907. The number of likely N-dealkylation sites (tertiary alicyclic amines) is 1. The number of nitrogens with zero attached hydrogens (tertiary/aromatic N) is 1. The fraction of sp³-hybridized carbons (Fsp3) is 0.588. The minimum absolute atomic E-state index is 0.0102. The van der Waals surface area contributed by atoms with Crippen molar-refractivity contribution in [2.24, 2.45) is 5.73 Å². The Kier molecular flexibility index (Phi) is 4.88. The maximum absolute atomic E-state index is 12.4. The average molecular weight is 290 g/mol. The number of carbonyl (C=O) groups is 1. The maximum Gasteiger partial charge on any atom is 0.410 e. The zero-order chi connectivity index (χ0) is 15.5. The number of rotatable bonds is 2. The van der Waals surface area contributed by atoms with Gasteiger partial charge in [-0.05, 0) is 45.6 Å². The van der Waals surface area contributed by atoms with Crippen molar-refractivity contribution in [3.05, 3.63) is 35.9 Å². The lowest BCUT2D eigenvalue weighted by Gasteiger charge is -2.39. The molecule has 1 fully saturated rings. The zero-order valence-corrected chi connectivity index (χ0v) is 13.2. The third-order valence-corrected chi connectivity index (χ3v) is 3.78. The second-order valence-corrected chi connectivity index (χ2v) is 6.67. The van der Waals surface area contributed by atoms with E-state index in [4.69, 9.17) is 10.5 Å². The van der Waals surface area contributed by atoms with Crippen molar-refractivity contribution in [2.45, 2.75) is 57.7 Å². The highest BCUT2D eigenvalue weighted by molar-refractivity contribution is 5.69. The van der Waals surface area contributed by atoms with Crippen molar-refractivity contribution in [1.29, 1.82) is 0 Å². The van der Waals surface area contributed by atoms with Crippen LogP contribution in [0.3, 0.4) is 0 Å². The summed E-state index contributed by atoms with van der Waals surface area (Å²) in [6.45, 7) is 6.39. The summed E-state index contributed by atoms with van der Waals surface area (Å²) < 4.78 is 5.52. The lowest BCUT2D eigenvalue weighted by molar-refractivity contribution is 0.00649. The lowest BCUT2D eigenvalue weighted by atomic mass is 9.92. The van der Waals surface area contributed by atoms with Gasteiger partial charge in [-0.3, -0.25) is 0 Å². The van der Waals surface area contributed by atoms with Gasteiger partial charge in [0.25, 0.3) is 0 Å². The van der Waals surface area contributed by atoms with Gasteiger partial charge in [0, 0.05) is 6.54 Å². The highest BCUT2D eigenvalue weighted by Gasteiger charge is 2.34. The van der Waals surface area contributed by atoms with Gasteiger partial charge in [0.1, 0.15) is 5.60 Å². The molecule has 0 aromatic heterocycles. The zero-order valence-electron chi connectivity index (χ0n) is 13.2. The average Bonchev–Trinajstić information content (AvgIpc) is 2.45. The predicted octanol–water partition coefficient (Wildman–Crippen LogP) is 3.48. The van der Waals surface area contributed by atoms with Crippen molar-refractivity contribution in [3.8, 4) is 0 Å². The minimum atomic E-state index is -0.476. The molecule has 21 heavy (non-hydrogen) atoms. The summed E-state index contributed by atoms with van der Waals surface area (Å²) in [5.41, 5.74) is 7.00. The Labute approximate surface area is 127 Å². The van der Waals surface area contributed by atoms with E-state index in [9.17, 15) is 4.79 Å². The molecule has 1 heterocycles. The molecule has 116 valence electrons. The summed E-state index contributed by atoms with van der Waals surface area (Å²) in [7, 11) is 0. The van der Waals surface area contributed by atoms with Crippen molar-refractivity contribution >= 4 is 6.09 Å². The van der Waals surface area contributed by atoms with Crippen molar-refractivity contribution in [1.82, 2.24) is 4.90 Å². The second kappa shape index (κ2) is 6.48. The van der Waals surface area contributed by atoms with Crippen LogP contribution in [0.5, 0.6) is 0 Å². The molecule has 2 rings (SSSR count). The molecule has 0 aliphatic carbocycles. The summed E-state index contributed by atoms with van der Waals surface area (Å²) in [6, 6.07) is 9.82. The SMILES string of the molecule is CC(C)(C)OC(=O)N1CCCCC1C(N)c1ccccc1. The summed E-state index contributed by atoms with van der Waals surface area (Å²) in [5, 5.41) is 0. The smallest absolute Gasteiger partial charge is 0.410 e. The Morgan fingerprint density at radius 3 is 2.57 bits per heavy atom. The maximum atomic E-state index is 12.4. The first-order valence-corrected chi connectivity index (χ1v) is 7.68. The molecule has 4 nitrogen and oxygen atoms in total. The van der Waals surface area contributed by atoms with Crippen LogP contribution in [-0.2, 0) is 4.74 Å². The van der Waals surface area contributed by atoms with Crippen molar-refractivity contribution in [3.63, 3.8) is 0 Å². The normalized spacial score (nSPS) is 21.0. The number of hydrogen-bond acceptors (Lipinski definition) is 3. The molecule has 0 radical (unpaired) electrons. The summed E-state index contributed by atoms with van der Waals surface area (Å²) in [4.78, 5) is 14.2. The molecule has 0 spiro atoms. The summed E-state index contributed by atoms with van der Waals surface area (Å²) in [6.07, 6.45) is 2.79. The Morgan fingerprint density at radius 2 is 1.95 bits per heavy atom. The molecule has 4 heteroatoms. The van der Waals surface area contributed by atoms with Gasteiger partial charge in [0.05, 0.1) is 12.1 Å². The molecular weight excluding hydrogens is 264 g/mol. The van der Waals surface area contributed by atoms with E-state index >= 15 is 0 Å². The molecule has 0 bridgehead atoms. The molecule has 2 unspecified atom stereocenters. The Morgan fingerprint density at radius 1 is 1.29 bits per heavy atom. The first-order chi connectivity index (χ1) is 9.88.